The molecule has 5 nitrogen and oxygen atoms in total. The lowest BCUT2D eigenvalue weighted by Gasteiger charge is -2.11. The molecule has 0 radical (unpaired) electrons. The van der Waals surface area contributed by atoms with E-state index in [-0.39, 0.29) is 30.6 Å². The Morgan fingerprint density at radius 1 is 0.892 bits per heavy atom. The average molecular weight is 502 g/mol. The average Bonchev–Trinajstić information content (AvgIpc) is 3.63. The number of benzene rings is 3. The maximum atomic E-state index is 13.9. The van der Waals surface area contributed by atoms with Gasteiger partial charge in [-0.15, -0.1) is 0 Å². The summed E-state index contributed by atoms with van der Waals surface area (Å²) in [6.45, 7) is 1.76. The maximum absolute atomic E-state index is 13.9. The van der Waals surface area contributed by atoms with E-state index in [1.807, 2.05) is 48.5 Å². The SMILES string of the molecule is Cc1noc(-c2ccc(-c3ccc(C4(C(=O)O)CC4)cc3)cc2)c1CC(=O)CCc1c(F)cccc1F. The Bertz CT molecular complexity index is 1450. The summed E-state index contributed by atoms with van der Waals surface area (Å²) in [5, 5.41) is 13.5. The van der Waals surface area contributed by atoms with E-state index < -0.39 is 23.0 Å². The van der Waals surface area contributed by atoms with Crippen LogP contribution in [0.1, 0.15) is 41.6 Å². The molecule has 37 heavy (non-hydrogen) atoms. The lowest BCUT2D eigenvalue weighted by molar-refractivity contribution is -0.140. The van der Waals surface area contributed by atoms with Gasteiger partial charge in [0, 0.05) is 29.5 Å². The number of carboxylic acid groups (broad SMARTS) is 1. The fraction of sp³-hybridized carbons (Fsp3) is 0.233. The Kier molecular flexibility index (Phi) is 6.46. The lowest BCUT2D eigenvalue weighted by Crippen LogP contribution is -2.19. The Labute approximate surface area is 212 Å². The first-order valence-corrected chi connectivity index (χ1v) is 12.1. The molecule has 1 aliphatic carbocycles. The number of aromatic nitrogens is 1. The van der Waals surface area contributed by atoms with Crippen molar-refractivity contribution in [1.82, 2.24) is 5.16 Å². The van der Waals surface area contributed by atoms with Crippen LogP contribution in [0.3, 0.4) is 0 Å². The lowest BCUT2D eigenvalue weighted by atomic mass is 9.93. The third-order valence-electron chi connectivity index (χ3n) is 7.15. The molecule has 1 heterocycles. The number of aryl methyl sites for hydroxylation is 1. The molecule has 0 atom stereocenters. The molecule has 188 valence electrons. The molecule has 0 amide bonds. The van der Waals surface area contributed by atoms with Crippen molar-refractivity contribution in [1.29, 1.82) is 0 Å². The molecule has 0 aliphatic heterocycles. The van der Waals surface area contributed by atoms with Gasteiger partial charge in [0.1, 0.15) is 17.4 Å². The zero-order valence-electron chi connectivity index (χ0n) is 20.3. The van der Waals surface area contributed by atoms with Crippen LogP contribution in [0.15, 0.2) is 71.3 Å². The van der Waals surface area contributed by atoms with E-state index in [1.165, 1.54) is 18.2 Å². The summed E-state index contributed by atoms with van der Waals surface area (Å²) in [7, 11) is 0. The zero-order valence-corrected chi connectivity index (χ0v) is 20.3. The van der Waals surface area contributed by atoms with Crippen LogP contribution in [0.5, 0.6) is 0 Å². The van der Waals surface area contributed by atoms with Crippen LogP contribution < -0.4 is 0 Å². The number of aliphatic carboxylic acids is 1. The Morgan fingerprint density at radius 2 is 1.46 bits per heavy atom. The topological polar surface area (TPSA) is 80.4 Å². The Morgan fingerprint density at radius 3 is 2.03 bits per heavy atom. The van der Waals surface area contributed by atoms with Crippen LogP contribution in [0.2, 0.25) is 0 Å². The number of Topliss-reactive ketones (excluding diaryl/α,β-unsaturated/α-hetero) is 1. The summed E-state index contributed by atoms with van der Waals surface area (Å²) in [6, 6.07) is 18.9. The molecular formula is C30H25F2NO4. The Hall–Kier alpha value is -4.13. The van der Waals surface area contributed by atoms with Gasteiger partial charge < -0.3 is 9.63 Å². The molecule has 0 spiro atoms. The van der Waals surface area contributed by atoms with Crippen molar-refractivity contribution in [2.45, 2.75) is 44.4 Å². The third kappa shape index (κ3) is 4.81. The van der Waals surface area contributed by atoms with E-state index in [2.05, 4.69) is 5.16 Å². The molecule has 1 N–H and O–H groups in total. The van der Waals surface area contributed by atoms with Crippen molar-refractivity contribution in [2.24, 2.45) is 0 Å². The molecule has 1 aliphatic rings. The summed E-state index contributed by atoms with van der Waals surface area (Å²) >= 11 is 0. The minimum Gasteiger partial charge on any atom is -0.481 e. The second-order valence-corrected chi connectivity index (χ2v) is 9.53. The summed E-state index contributed by atoms with van der Waals surface area (Å²) < 4.78 is 33.3. The monoisotopic (exact) mass is 501 g/mol. The second-order valence-electron chi connectivity index (χ2n) is 9.53. The molecule has 0 unspecified atom stereocenters. The van der Waals surface area contributed by atoms with Crippen LogP contribution in [-0.2, 0) is 27.8 Å². The van der Waals surface area contributed by atoms with Crippen LogP contribution >= 0.6 is 0 Å². The number of carboxylic acids is 1. The first-order valence-electron chi connectivity index (χ1n) is 12.1. The number of ketones is 1. The van der Waals surface area contributed by atoms with E-state index in [0.717, 1.165) is 22.3 Å². The molecule has 0 saturated heterocycles. The number of hydrogen-bond acceptors (Lipinski definition) is 4. The summed E-state index contributed by atoms with van der Waals surface area (Å²) in [5.41, 5.74) is 3.92. The molecule has 5 rings (SSSR count). The maximum Gasteiger partial charge on any atom is 0.314 e. The minimum atomic E-state index is -0.777. The van der Waals surface area contributed by atoms with Crippen molar-refractivity contribution in [2.75, 3.05) is 0 Å². The fourth-order valence-corrected chi connectivity index (χ4v) is 4.69. The number of halogens is 2. The molecule has 3 aromatic carbocycles. The van der Waals surface area contributed by atoms with Gasteiger partial charge >= 0.3 is 5.97 Å². The van der Waals surface area contributed by atoms with Crippen LogP contribution in [-0.4, -0.2) is 22.0 Å². The predicted molar refractivity (Wildman–Crippen MR) is 134 cm³/mol. The van der Waals surface area contributed by atoms with E-state index in [4.69, 9.17) is 4.52 Å². The second kappa shape index (κ2) is 9.73. The number of nitrogens with zero attached hydrogens (tertiary/aromatic N) is 1. The van der Waals surface area contributed by atoms with Gasteiger partial charge in [0.25, 0.3) is 0 Å². The minimum absolute atomic E-state index is 0.0000105. The molecule has 0 bridgehead atoms. The molecule has 1 fully saturated rings. The number of carbonyl (C=O) groups excluding carboxylic acids is 1. The molecule has 4 aromatic rings. The van der Waals surface area contributed by atoms with Gasteiger partial charge in [-0.05, 0) is 55.0 Å². The van der Waals surface area contributed by atoms with E-state index in [1.54, 1.807) is 6.92 Å². The molecule has 1 saturated carbocycles. The highest BCUT2D eigenvalue weighted by molar-refractivity contribution is 5.85. The number of carbonyl (C=O) groups is 2. The summed E-state index contributed by atoms with van der Waals surface area (Å²) in [6.07, 6.45) is 1.36. The van der Waals surface area contributed by atoms with Gasteiger partial charge in [0.2, 0.25) is 0 Å². The van der Waals surface area contributed by atoms with E-state index in [9.17, 15) is 23.5 Å². The number of rotatable bonds is 9. The van der Waals surface area contributed by atoms with Crippen molar-refractivity contribution >= 4 is 11.8 Å². The highest BCUT2D eigenvalue weighted by Gasteiger charge is 2.51. The highest BCUT2D eigenvalue weighted by atomic mass is 19.1. The van der Waals surface area contributed by atoms with Crippen LogP contribution in [0.25, 0.3) is 22.5 Å². The third-order valence-corrected chi connectivity index (χ3v) is 7.15. The van der Waals surface area contributed by atoms with Crippen LogP contribution in [0.4, 0.5) is 8.78 Å². The van der Waals surface area contributed by atoms with Crippen LogP contribution in [0, 0.1) is 18.6 Å². The molecule has 7 heteroatoms. The highest BCUT2D eigenvalue weighted by Crippen LogP contribution is 2.48. The van der Waals surface area contributed by atoms with Gasteiger partial charge in [-0.25, -0.2) is 8.78 Å². The van der Waals surface area contributed by atoms with Gasteiger partial charge in [-0.3, -0.25) is 9.59 Å². The van der Waals surface area contributed by atoms with Crippen molar-refractivity contribution in [3.05, 3.63) is 101 Å². The first-order chi connectivity index (χ1) is 17.8. The zero-order chi connectivity index (χ0) is 26.2. The van der Waals surface area contributed by atoms with Gasteiger partial charge in [-0.2, -0.15) is 0 Å². The van der Waals surface area contributed by atoms with Crippen molar-refractivity contribution in [3.63, 3.8) is 0 Å². The summed E-state index contributed by atoms with van der Waals surface area (Å²) in [5.74, 6) is -1.76. The molecular weight excluding hydrogens is 476 g/mol. The van der Waals surface area contributed by atoms with Crippen molar-refractivity contribution < 1.29 is 28.0 Å². The first kappa shape index (κ1) is 24.6. The van der Waals surface area contributed by atoms with Crippen molar-refractivity contribution in [3.8, 4) is 22.5 Å². The standard InChI is InChI=1S/C30H25F2NO4/c1-18-25(17-23(34)13-14-24-26(31)3-2-4-27(24)32)28(37-33-18)21-7-5-19(6-8-21)20-9-11-22(12-10-20)30(15-16-30)29(35)36/h2-12H,13-17H2,1H3,(H,35,36). The van der Waals surface area contributed by atoms with E-state index in [0.29, 0.717) is 29.9 Å². The summed E-state index contributed by atoms with van der Waals surface area (Å²) in [4.78, 5) is 24.2. The normalized spacial score (nSPS) is 13.9. The quantitative estimate of drug-likeness (QED) is 0.285. The smallest absolute Gasteiger partial charge is 0.314 e. The van der Waals surface area contributed by atoms with Gasteiger partial charge in [-0.1, -0.05) is 59.8 Å². The fourth-order valence-electron chi connectivity index (χ4n) is 4.69. The van der Waals surface area contributed by atoms with E-state index >= 15 is 0 Å². The Balaban J connectivity index is 1.29. The predicted octanol–water partition coefficient (Wildman–Crippen LogP) is 6.46. The van der Waals surface area contributed by atoms with Gasteiger partial charge in [0.05, 0.1) is 11.1 Å². The molecule has 1 aromatic heterocycles. The number of hydrogen-bond donors (Lipinski definition) is 1. The largest absolute Gasteiger partial charge is 0.481 e. The van der Waals surface area contributed by atoms with Gasteiger partial charge in [0.15, 0.2) is 5.76 Å².